The van der Waals surface area contributed by atoms with Crippen LogP contribution in [0.25, 0.3) is 0 Å². The van der Waals surface area contributed by atoms with Gasteiger partial charge in [-0.25, -0.2) is 0 Å². The quantitative estimate of drug-likeness (QED) is 0.599. The Morgan fingerprint density at radius 3 is 1.58 bits per heavy atom. The van der Waals surface area contributed by atoms with Gasteiger partial charge in [0.1, 0.15) is 22.8 Å². The fourth-order valence-electron chi connectivity index (χ4n) is 1.46. The minimum Gasteiger partial charge on any atom is -0.496 e. The van der Waals surface area contributed by atoms with E-state index in [2.05, 4.69) is 0 Å². The SMILES string of the molecule is COc1cc(OC)c(C(F)(F)C(F)(F)Br)c(OC)c1. The lowest BCUT2D eigenvalue weighted by Gasteiger charge is -2.25. The van der Waals surface area contributed by atoms with Crippen molar-refractivity contribution in [3.8, 4) is 17.2 Å². The third kappa shape index (κ3) is 2.88. The van der Waals surface area contributed by atoms with Crippen molar-refractivity contribution in [2.75, 3.05) is 21.3 Å². The number of methoxy groups -OCH3 is 3. The number of halogens is 5. The normalized spacial score (nSPS) is 12.2. The molecule has 1 aromatic carbocycles. The molecule has 0 bridgehead atoms. The van der Waals surface area contributed by atoms with Crippen LogP contribution in [0.1, 0.15) is 5.56 Å². The summed E-state index contributed by atoms with van der Waals surface area (Å²) in [5.41, 5.74) is -1.06. The highest BCUT2D eigenvalue weighted by Gasteiger charge is 2.58. The second-order valence-electron chi connectivity index (χ2n) is 3.48. The Hall–Kier alpha value is -1.18. The van der Waals surface area contributed by atoms with Crippen LogP contribution in [-0.4, -0.2) is 26.2 Å². The zero-order chi connectivity index (χ0) is 14.8. The summed E-state index contributed by atoms with van der Waals surface area (Å²) in [5.74, 6) is -5.29. The Balaban J connectivity index is 3.57. The Bertz CT molecular complexity index is 435. The van der Waals surface area contributed by atoms with E-state index in [0.717, 1.165) is 26.4 Å². The molecule has 0 atom stereocenters. The molecule has 19 heavy (non-hydrogen) atoms. The van der Waals surface area contributed by atoms with Gasteiger partial charge >= 0.3 is 10.8 Å². The summed E-state index contributed by atoms with van der Waals surface area (Å²) in [6.45, 7) is 0. The third-order valence-corrected chi connectivity index (χ3v) is 2.88. The second kappa shape index (κ2) is 5.44. The van der Waals surface area contributed by atoms with E-state index < -0.39 is 27.8 Å². The molecule has 0 N–H and O–H groups in total. The van der Waals surface area contributed by atoms with Gasteiger partial charge in [0.15, 0.2) is 0 Å². The topological polar surface area (TPSA) is 27.7 Å². The zero-order valence-electron chi connectivity index (χ0n) is 10.3. The molecular weight excluding hydrogens is 336 g/mol. The average molecular weight is 347 g/mol. The van der Waals surface area contributed by atoms with E-state index in [1.54, 1.807) is 15.9 Å². The fraction of sp³-hybridized carbons (Fsp3) is 0.455. The van der Waals surface area contributed by atoms with Crippen LogP contribution < -0.4 is 14.2 Å². The summed E-state index contributed by atoms with van der Waals surface area (Å²) in [4.78, 5) is -4.45. The number of ether oxygens (including phenoxy) is 3. The highest BCUT2D eigenvalue weighted by atomic mass is 79.9. The Morgan fingerprint density at radius 2 is 1.32 bits per heavy atom. The standard InChI is InChI=1S/C11H11BrF4O3/c1-17-6-4-7(18-2)9(8(5-6)19-3)10(13,14)11(12,15)16/h4-5H,1-3H3. The largest absolute Gasteiger partial charge is 0.496 e. The molecule has 0 saturated heterocycles. The van der Waals surface area contributed by atoms with Crippen molar-refractivity contribution in [3.63, 3.8) is 0 Å². The van der Waals surface area contributed by atoms with Gasteiger partial charge in [-0.15, -0.1) is 0 Å². The van der Waals surface area contributed by atoms with Gasteiger partial charge < -0.3 is 14.2 Å². The van der Waals surface area contributed by atoms with Crippen molar-refractivity contribution < 1.29 is 31.8 Å². The first-order chi connectivity index (χ1) is 8.68. The molecule has 1 aromatic rings. The second-order valence-corrected chi connectivity index (χ2v) is 4.48. The molecule has 0 aliphatic heterocycles. The Labute approximate surface area is 115 Å². The highest BCUT2D eigenvalue weighted by molar-refractivity contribution is 9.10. The van der Waals surface area contributed by atoms with Crippen LogP contribution in [0.3, 0.4) is 0 Å². The van der Waals surface area contributed by atoms with E-state index in [9.17, 15) is 17.6 Å². The number of alkyl halides is 5. The highest BCUT2D eigenvalue weighted by Crippen LogP contribution is 2.53. The monoisotopic (exact) mass is 346 g/mol. The summed E-state index contributed by atoms with van der Waals surface area (Å²) >= 11 is 1.67. The van der Waals surface area contributed by atoms with Crippen LogP contribution in [-0.2, 0) is 5.92 Å². The molecule has 0 saturated carbocycles. The van der Waals surface area contributed by atoms with Crippen LogP contribution >= 0.6 is 15.9 Å². The molecule has 108 valence electrons. The zero-order valence-corrected chi connectivity index (χ0v) is 11.9. The smallest absolute Gasteiger partial charge is 0.368 e. The lowest BCUT2D eigenvalue weighted by atomic mass is 10.1. The van der Waals surface area contributed by atoms with Crippen molar-refractivity contribution in [3.05, 3.63) is 17.7 Å². The molecule has 0 amide bonds. The number of hydrogen-bond donors (Lipinski definition) is 0. The molecular formula is C11H11BrF4O3. The van der Waals surface area contributed by atoms with Gasteiger partial charge in [-0.05, 0) is 15.9 Å². The predicted molar refractivity (Wildman–Crippen MR) is 63.9 cm³/mol. The first-order valence-corrected chi connectivity index (χ1v) is 5.73. The van der Waals surface area contributed by atoms with Crippen molar-refractivity contribution in [2.45, 2.75) is 10.8 Å². The molecule has 0 aromatic heterocycles. The summed E-state index contributed by atoms with van der Waals surface area (Å²) < 4.78 is 67.9. The molecule has 3 nitrogen and oxygen atoms in total. The van der Waals surface area contributed by atoms with Gasteiger partial charge in [-0.2, -0.15) is 17.6 Å². The van der Waals surface area contributed by atoms with Crippen molar-refractivity contribution in [1.82, 2.24) is 0 Å². The number of hydrogen-bond acceptors (Lipinski definition) is 3. The Kier molecular flexibility index (Phi) is 4.54. The molecule has 0 fully saturated rings. The van der Waals surface area contributed by atoms with Crippen molar-refractivity contribution >= 4 is 15.9 Å². The summed E-state index contributed by atoms with van der Waals surface area (Å²) in [7, 11) is 3.46. The summed E-state index contributed by atoms with van der Waals surface area (Å²) in [6, 6.07) is 2.15. The molecule has 0 aliphatic rings. The van der Waals surface area contributed by atoms with Crippen molar-refractivity contribution in [1.29, 1.82) is 0 Å². The van der Waals surface area contributed by atoms with E-state index in [-0.39, 0.29) is 5.75 Å². The molecule has 0 unspecified atom stereocenters. The van der Waals surface area contributed by atoms with E-state index >= 15 is 0 Å². The van der Waals surface area contributed by atoms with E-state index in [0.29, 0.717) is 0 Å². The summed E-state index contributed by atoms with van der Waals surface area (Å²) in [5, 5.41) is 0. The van der Waals surface area contributed by atoms with Crippen molar-refractivity contribution in [2.24, 2.45) is 0 Å². The van der Waals surface area contributed by atoms with Gasteiger partial charge in [0.25, 0.3) is 0 Å². The van der Waals surface area contributed by atoms with Crippen LogP contribution in [0, 0.1) is 0 Å². The van der Waals surface area contributed by atoms with Gasteiger partial charge in [0.05, 0.1) is 21.3 Å². The van der Waals surface area contributed by atoms with E-state index in [1.807, 2.05) is 0 Å². The van der Waals surface area contributed by atoms with E-state index in [1.165, 1.54) is 7.11 Å². The predicted octanol–water partition coefficient (Wildman–Crippen LogP) is 3.79. The number of rotatable bonds is 5. The van der Waals surface area contributed by atoms with Crippen LogP contribution in [0.5, 0.6) is 17.2 Å². The summed E-state index contributed by atoms with van der Waals surface area (Å²) in [6.07, 6.45) is 0. The first kappa shape index (κ1) is 15.9. The van der Waals surface area contributed by atoms with Crippen LogP contribution in [0.15, 0.2) is 12.1 Å². The van der Waals surface area contributed by atoms with Gasteiger partial charge in [0, 0.05) is 12.1 Å². The fourth-order valence-corrected chi connectivity index (χ4v) is 1.66. The third-order valence-electron chi connectivity index (χ3n) is 2.39. The number of benzene rings is 1. The van der Waals surface area contributed by atoms with Crippen LogP contribution in [0.4, 0.5) is 17.6 Å². The molecule has 0 spiro atoms. The van der Waals surface area contributed by atoms with Gasteiger partial charge in [-0.3, -0.25) is 0 Å². The van der Waals surface area contributed by atoms with Crippen LogP contribution in [0.2, 0.25) is 0 Å². The van der Waals surface area contributed by atoms with E-state index in [4.69, 9.17) is 14.2 Å². The minimum absolute atomic E-state index is 0.145. The van der Waals surface area contributed by atoms with Gasteiger partial charge in [-0.1, -0.05) is 0 Å². The molecule has 0 aliphatic carbocycles. The Morgan fingerprint density at radius 1 is 0.895 bits per heavy atom. The molecule has 8 heteroatoms. The maximum Gasteiger partial charge on any atom is 0.368 e. The maximum absolute atomic E-state index is 13.8. The molecule has 1 rings (SSSR count). The molecule has 0 radical (unpaired) electrons. The lowest BCUT2D eigenvalue weighted by Crippen LogP contribution is -2.33. The van der Waals surface area contributed by atoms with Gasteiger partial charge in [0.2, 0.25) is 0 Å². The average Bonchev–Trinajstić information content (AvgIpc) is 2.35. The lowest BCUT2D eigenvalue weighted by molar-refractivity contribution is -0.155. The maximum atomic E-state index is 13.8. The minimum atomic E-state index is -4.52. The first-order valence-electron chi connectivity index (χ1n) is 4.94. The molecule has 0 heterocycles.